The van der Waals surface area contributed by atoms with Crippen LogP contribution < -0.4 is 0 Å². The number of hydrogen-bond acceptors (Lipinski definition) is 5. The molecule has 2 aliphatic rings. The van der Waals surface area contributed by atoms with Crippen molar-refractivity contribution < 1.29 is 23.8 Å². The van der Waals surface area contributed by atoms with Gasteiger partial charge >= 0.3 is 5.97 Å². The summed E-state index contributed by atoms with van der Waals surface area (Å²) < 4.78 is 10.3. The molecule has 2 fully saturated rings. The number of carboxylic acids is 1. The summed E-state index contributed by atoms with van der Waals surface area (Å²) >= 11 is 0. The molecule has 0 bridgehead atoms. The average molecular weight is 336 g/mol. The third kappa shape index (κ3) is 3.62. The first kappa shape index (κ1) is 17.0. The van der Waals surface area contributed by atoms with Gasteiger partial charge in [-0.05, 0) is 18.9 Å². The number of aliphatic carboxylic acids is 1. The van der Waals surface area contributed by atoms with Crippen LogP contribution in [0.1, 0.15) is 18.4 Å². The van der Waals surface area contributed by atoms with Crippen LogP contribution in [-0.2, 0) is 20.9 Å². The second-order valence-electron chi connectivity index (χ2n) is 6.87. The molecule has 24 heavy (non-hydrogen) atoms. The zero-order chi connectivity index (χ0) is 17.2. The Labute approximate surface area is 141 Å². The first-order valence-corrected chi connectivity index (χ1v) is 8.28. The molecule has 0 spiro atoms. The maximum absolute atomic E-state index is 12.8. The minimum Gasteiger partial charge on any atom is -0.481 e. The van der Waals surface area contributed by atoms with E-state index in [2.05, 4.69) is 4.90 Å². The van der Waals surface area contributed by atoms with Crippen LogP contribution in [0.4, 0.5) is 0 Å². The predicted molar refractivity (Wildman–Crippen MR) is 85.2 cm³/mol. The van der Waals surface area contributed by atoms with E-state index < -0.39 is 17.3 Å². The molecular formula is C17H24N2O5. The number of carboxylic acid groups (broad SMARTS) is 1. The van der Waals surface area contributed by atoms with Gasteiger partial charge in [0.25, 0.3) is 0 Å². The molecule has 0 aromatic carbocycles. The fourth-order valence-electron chi connectivity index (χ4n) is 3.39. The second-order valence-corrected chi connectivity index (χ2v) is 6.87. The molecule has 1 amide bonds. The predicted octanol–water partition coefficient (Wildman–Crippen LogP) is 1.05. The molecule has 3 rings (SSSR count). The van der Waals surface area contributed by atoms with E-state index in [1.54, 1.807) is 24.5 Å². The monoisotopic (exact) mass is 336 g/mol. The lowest BCUT2D eigenvalue weighted by Crippen LogP contribution is -2.43. The molecule has 132 valence electrons. The van der Waals surface area contributed by atoms with Crippen LogP contribution in [-0.4, -0.2) is 66.7 Å². The Morgan fingerprint density at radius 1 is 1.38 bits per heavy atom. The summed E-state index contributed by atoms with van der Waals surface area (Å²) in [5, 5.41) is 9.52. The SMILES string of the molecule is COCC1(C(=O)N2CCN(Cc3ccoc3)C[C@H](C(=O)O)C2)CC1. The van der Waals surface area contributed by atoms with E-state index in [1.165, 1.54) is 0 Å². The van der Waals surface area contributed by atoms with E-state index in [0.717, 1.165) is 18.4 Å². The maximum Gasteiger partial charge on any atom is 0.309 e. The lowest BCUT2D eigenvalue weighted by Gasteiger charge is -2.26. The number of carbonyl (C=O) groups excluding carboxylic acids is 1. The summed E-state index contributed by atoms with van der Waals surface area (Å²) in [5.74, 6) is -1.40. The zero-order valence-corrected chi connectivity index (χ0v) is 13.9. The number of amides is 1. The molecule has 1 aromatic heterocycles. The van der Waals surface area contributed by atoms with Gasteiger partial charge in [0, 0.05) is 45.4 Å². The van der Waals surface area contributed by atoms with Gasteiger partial charge in [-0.15, -0.1) is 0 Å². The van der Waals surface area contributed by atoms with Crippen molar-refractivity contribution in [3.63, 3.8) is 0 Å². The highest BCUT2D eigenvalue weighted by Crippen LogP contribution is 2.47. The van der Waals surface area contributed by atoms with Gasteiger partial charge in [0.15, 0.2) is 0 Å². The Bertz CT molecular complexity index is 582. The third-order valence-corrected chi connectivity index (χ3v) is 4.96. The third-order valence-electron chi connectivity index (χ3n) is 4.96. The van der Waals surface area contributed by atoms with E-state index >= 15 is 0 Å². The normalized spacial score (nSPS) is 23.7. The van der Waals surface area contributed by atoms with E-state index in [9.17, 15) is 14.7 Å². The van der Waals surface area contributed by atoms with Crippen LogP contribution in [0, 0.1) is 11.3 Å². The van der Waals surface area contributed by atoms with Gasteiger partial charge in [0.2, 0.25) is 5.91 Å². The summed E-state index contributed by atoms with van der Waals surface area (Å²) in [6.07, 6.45) is 4.93. The Morgan fingerprint density at radius 2 is 2.17 bits per heavy atom. The van der Waals surface area contributed by atoms with Crippen LogP contribution in [0.3, 0.4) is 0 Å². The van der Waals surface area contributed by atoms with Gasteiger partial charge in [-0.2, -0.15) is 0 Å². The van der Waals surface area contributed by atoms with Gasteiger partial charge in [0.1, 0.15) is 0 Å². The van der Waals surface area contributed by atoms with Gasteiger partial charge in [-0.25, -0.2) is 0 Å². The fraction of sp³-hybridized carbons (Fsp3) is 0.647. The van der Waals surface area contributed by atoms with E-state index in [-0.39, 0.29) is 12.5 Å². The largest absolute Gasteiger partial charge is 0.481 e. The molecule has 1 N–H and O–H groups in total. The van der Waals surface area contributed by atoms with E-state index in [1.807, 2.05) is 6.07 Å². The first-order chi connectivity index (χ1) is 11.5. The van der Waals surface area contributed by atoms with Crippen molar-refractivity contribution in [1.29, 1.82) is 0 Å². The molecule has 7 heteroatoms. The Balaban J connectivity index is 1.69. The van der Waals surface area contributed by atoms with Gasteiger partial charge < -0.3 is 19.2 Å². The minimum atomic E-state index is -0.858. The van der Waals surface area contributed by atoms with E-state index in [0.29, 0.717) is 32.8 Å². The van der Waals surface area contributed by atoms with Crippen molar-refractivity contribution in [2.75, 3.05) is 39.9 Å². The van der Waals surface area contributed by atoms with E-state index in [4.69, 9.17) is 9.15 Å². The smallest absolute Gasteiger partial charge is 0.309 e. The summed E-state index contributed by atoms with van der Waals surface area (Å²) in [6, 6.07) is 1.88. The van der Waals surface area contributed by atoms with Crippen LogP contribution in [0.15, 0.2) is 23.0 Å². The summed E-state index contributed by atoms with van der Waals surface area (Å²) in [4.78, 5) is 28.2. The molecule has 1 aliphatic heterocycles. The standard InChI is InChI=1S/C17H24N2O5/c1-23-12-17(3-4-17)16(22)19-6-5-18(8-13-2-7-24-11-13)9-14(10-19)15(20)21/h2,7,11,14H,3-6,8-10,12H2,1H3,(H,20,21)/t14-/m0/s1. The highest BCUT2D eigenvalue weighted by atomic mass is 16.5. The molecule has 0 radical (unpaired) electrons. The highest BCUT2D eigenvalue weighted by Gasteiger charge is 2.52. The molecule has 1 atom stereocenters. The number of hydrogen-bond donors (Lipinski definition) is 1. The molecule has 2 heterocycles. The Morgan fingerprint density at radius 3 is 2.75 bits per heavy atom. The van der Waals surface area contributed by atoms with Gasteiger partial charge in [-0.1, -0.05) is 0 Å². The quantitative estimate of drug-likeness (QED) is 0.836. The fourth-order valence-corrected chi connectivity index (χ4v) is 3.39. The maximum atomic E-state index is 12.8. The number of ether oxygens (including phenoxy) is 1. The second kappa shape index (κ2) is 6.94. The summed E-state index contributed by atoms with van der Waals surface area (Å²) in [6.45, 7) is 2.95. The van der Waals surface area contributed by atoms with Crippen molar-refractivity contribution in [3.05, 3.63) is 24.2 Å². The van der Waals surface area contributed by atoms with Crippen molar-refractivity contribution in [1.82, 2.24) is 9.80 Å². The molecule has 0 unspecified atom stereocenters. The van der Waals surface area contributed by atoms with Crippen molar-refractivity contribution >= 4 is 11.9 Å². The number of carbonyl (C=O) groups is 2. The number of nitrogens with zero attached hydrogens (tertiary/aromatic N) is 2. The van der Waals surface area contributed by atoms with Crippen molar-refractivity contribution in [2.45, 2.75) is 19.4 Å². The van der Waals surface area contributed by atoms with Gasteiger partial charge in [0.05, 0.1) is 30.5 Å². The van der Waals surface area contributed by atoms with Crippen molar-refractivity contribution in [2.24, 2.45) is 11.3 Å². The van der Waals surface area contributed by atoms with Crippen LogP contribution >= 0.6 is 0 Å². The van der Waals surface area contributed by atoms with Crippen molar-refractivity contribution in [3.8, 4) is 0 Å². The zero-order valence-electron chi connectivity index (χ0n) is 13.9. The molecular weight excluding hydrogens is 312 g/mol. The number of rotatable bonds is 6. The lowest BCUT2D eigenvalue weighted by atomic mass is 10.0. The molecule has 1 saturated carbocycles. The van der Waals surface area contributed by atoms with Crippen LogP contribution in [0.5, 0.6) is 0 Å². The summed E-state index contributed by atoms with van der Waals surface area (Å²) in [5.41, 5.74) is 0.592. The van der Waals surface area contributed by atoms with Gasteiger partial charge in [-0.3, -0.25) is 14.5 Å². The highest BCUT2D eigenvalue weighted by molar-refractivity contribution is 5.86. The summed E-state index contributed by atoms with van der Waals surface area (Å²) in [7, 11) is 1.60. The minimum absolute atomic E-state index is 0.0424. The first-order valence-electron chi connectivity index (χ1n) is 8.28. The lowest BCUT2D eigenvalue weighted by molar-refractivity contribution is -0.145. The number of furan rings is 1. The molecule has 1 saturated heterocycles. The molecule has 7 nitrogen and oxygen atoms in total. The molecule has 1 aromatic rings. The number of methoxy groups -OCH3 is 1. The average Bonchev–Trinajstić information content (AvgIpc) is 3.22. The topological polar surface area (TPSA) is 83.2 Å². The van der Waals surface area contributed by atoms with Crippen LogP contribution in [0.2, 0.25) is 0 Å². The Hall–Kier alpha value is -1.86. The Kier molecular flexibility index (Phi) is 4.91. The van der Waals surface area contributed by atoms with Crippen LogP contribution in [0.25, 0.3) is 0 Å². The molecule has 1 aliphatic carbocycles.